The Balaban J connectivity index is 1.36. The van der Waals surface area contributed by atoms with Gasteiger partial charge in [-0.05, 0) is 30.9 Å². The fourth-order valence-electron chi connectivity index (χ4n) is 3.89. The number of carbonyl (C=O) groups is 2. The van der Waals surface area contributed by atoms with Gasteiger partial charge in [0.15, 0.2) is 17.2 Å². The van der Waals surface area contributed by atoms with Crippen LogP contribution in [0.1, 0.15) is 34.6 Å². The number of carbonyl (C=O) groups excluding carboxylic acids is 1. The normalized spacial score (nSPS) is 20.6. The van der Waals surface area contributed by atoms with Gasteiger partial charge in [0.2, 0.25) is 6.10 Å². The average molecular weight is 383 g/mol. The van der Waals surface area contributed by atoms with Gasteiger partial charge >= 0.3 is 5.97 Å². The molecule has 0 saturated heterocycles. The number of carboxylic acid groups (broad SMARTS) is 1. The summed E-state index contributed by atoms with van der Waals surface area (Å²) in [5.74, 6) is 0.533. The smallest absolute Gasteiger partial charge is 0.356 e. The van der Waals surface area contributed by atoms with Crippen molar-refractivity contribution >= 4 is 11.9 Å². The molecule has 8 nitrogen and oxygen atoms in total. The lowest BCUT2D eigenvalue weighted by Gasteiger charge is -2.33. The number of amides is 1. The number of para-hydroxylation sites is 2. The zero-order valence-corrected chi connectivity index (χ0v) is 15.3. The van der Waals surface area contributed by atoms with Gasteiger partial charge in [-0.2, -0.15) is 5.10 Å². The van der Waals surface area contributed by atoms with Gasteiger partial charge in [-0.25, -0.2) is 4.79 Å². The zero-order valence-electron chi connectivity index (χ0n) is 15.3. The fourth-order valence-corrected chi connectivity index (χ4v) is 3.89. The second-order valence-corrected chi connectivity index (χ2v) is 7.58. The number of ether oxygens (including phenoxy) is 2. The summed E-state index contributed by atoms with van der Waals surface area (Å²) < 4.78 is 13.3. The molecule has 5 rings (SSSR count). The molecule has 0 spiro atoms. The molecule has 1 unspecified atom stereocenters. The van der Waals surface area contributed by atoms with E-state index in [4.69, 9.17) is 9.47 Å². The lowest BCUT2D eigenvalue weighted by molar-refractivity contribution is -0.142. The Bertz CT molecular complexity index is 949. The molecule has 1 saturated carbocycles. The van der Waals surface area contributed by atoms with Crippen molar-refractivity contribution in [2.24, 2.45) is 5.92 Å². The van der Waals surface area contributed by atoms with Gasteiger partial charge in [-0.3, -0.25) is 9.48 Å². The van der Waals surface area contributed by atoms with Crippen molar-refractivity contribution in [3.63, 3.8) is 0 Å². The summed E-state index contributed by atoms with van der Waals surface area (Å²) in [6.45, 7) is 1.66. The minimum absolute atomic E-state index is 0.0549. The quantitative estimate of drug-likeness (QED) is 0.864. The molecule has 8 heteroatoms. The molecule has 146 valence electrons. The standard InChI is InChI=1S/C20H21N3O5/c24-19(17-11-27-15-3-1-2-4-16(15)28-17)22-8-7-14-13(10-22)18(20(25)26)21-23(14)9-12-5-6-12/h1-4,12,17H,5-11H2,(H,25,26). The third kappa shape index (κ3) is 2.98. The molecule has 2 aliphatic heterocycles. The molecule has 1 amide bonds. The van der Waals surface area contributed by atoms with Crippen molar-refractivity contribution in [1.29, 1.82) is 0 Å². The van der Waals surface area contributed by atoms with Crippen molar-refractivity contribution < 1.29 is 24.2 Å². The first-order valence-electron chi connectivity index (χ1n) is 9.59. The van der Waals surface area contributed by atoms with Crippen molar-refractivity contribution in [3.8, 4) is 11.5 Å². The number of fused-ring (bicyclic) bond motifs is 2. The molecule has 2 aromatic rings. The van der Waals surface area contributed by atoms with E-state index >= 15 is 0 Å². The largest absolute Gasteiger partial charge is 0.485 e. The highest BCUT2D eigenvalue weighted by molar-refractivity contribution is 5.88. The summed E-state index contributed by atoms with van der Waals surface area (Å²) in [5.41, 5.74) is 1.64. The van der Waals surface area contributed by atoms with Crippen LogP contribution < -0.4 is 9.47 Å². The van der Waals surface area contributed by atoms with Crippen LogP contribution in [-0.2, 0) is 24.3 Å². The summed E-state index contributed by atoms with van der Waals surface area (Å²) in [4.78, 5) is 26.3. The van der Waals surface area contributed by atoms with Gasteiger partial charge in [-0.1, -0.05) is 12.1 Å². The Labute approximate surface area is 161 Å². The van der Waals surface area contributed by atoms with E-state index in [9.17, 15) is 14.7 Å². The average Bonchev–Trinajstić information content (AvgIpc) is 3.46. The number of hydrogen-bond donors (Lipinski definition) is 1. The second kappa shape index (κ2) is 6.54. The van der Waals surface area contributed by atoms with Crippen LogP contribution in [0.15, 0.2) is 24.3 Å². The van der Waals surface area contributed by atoms with Gasteiger partial charge in [0.25, 0.3) is 5.91 Å². The number of nitrogens with zero attached hydrogens (tertiary/aromatic N) is 3. The Kier molecular flexibility index (Phi) is 3.99. The molecule has 0 radical (unpaired) electrons. The van der Waals surface area contributed by atoms with E-state index in [1.54, 1.807) is 17.0 Å². The Morgan fingerprint density at radius 1 is 1.21 bits per heavy atom. The molecule has 1 N–H and O–H groups in total. The fraction of sp³-hybridized carbons (Fsp3) is 0.450. The number of aromatic nitrogens is 2. The number of carboxylic acids is 1. The van der Waals surface area contributed by atoms with Crippen LogP contribution in [0.5, 0.6) is 11.5 Å². The number of hydrogen-bond acceptors (Lipinski definition) is 5. The van der Waals surface area contributed by atoms with Crippen molar-refractivity contribution in [3.05, 3.63) is 41.2 Å². The van der Waals surface area contributed by atoms with E-state index in [1.807, 2.05) is 16.8 Å². The highest BCUT2D eigenvalue weighted by Crippen LogP contribution is 2.34. The topological polar surface area (TPSA) is 93.9 Å². The van der Waals surface area contributed by atoms with Crippen LogP contribution in [0.25, 0.3) is 0 Å². The molecular weight excluding hydrogens is 362 g/mol. The highest BCUT2D eigenvalue weighted by Gasteiger charge is 2.36. The number of rotatable bonds is 4. The number of benzene rings is 1. The summed E-state index contributed by atoms with van der Waals surface area (Å²) in [5, 5.41) is 13.9. The third-order valence-corrected chi connectivity index (χ3v) is 5.56. The van der Waals surface area contributed by atoms with E-state index in [0.717, 1.165) is 12.2 Å². The van der Waals surface area contributed by atoms with Crippen LogP contribution >= 0.6 is 0 Å². The lowest BCUT2D eigenvalue weighted by Crippen LogP contribution is -2.48. The first kappa shape index (κ1) is 17.1. The molecule has 1 aromatic heterocycles. The second-order valence-electron chi connectivity index (χ2n) is 7.58. The van der Waals surface area contributed by atoms with Crippen LogP contribution in [0.3, 0.4) is 0 Å². The predicted octanol–water partition coefficient (Wildman–Crippen LogP) is 1.72. The SMILES string of the molecule is O=C(O)c1nn(CC2CC2)c2c1CN(C(=O)C1COc3ccccc3O1)CC2. The highest BCUT2D eigenvalue weighted by atomic mass is 16.6. The van der Waals surface area contributed by atoms with E-state index in [-0.39, 0.29) is 24.8 Å². The van der Waals surface area contributed by atoms with E-state index < -0.39 is 12.1 Å². The molecule has 1 aliphatic carbocycles. The Hall–Kier alpha value is -3.03. The molecule has 1 atom stereocenters. The Morgan fingerprint density at radius 3 is 2.75 bits per heavy atom. The predicted molar refractivity (Wildman–Crippen MR) is 97.4 cm³/mol. The first-order chi connectivity index (χ1) is 13.6. The van der Waals surface area contributed by atoms with Gasteiger partial charge in [-0.15, -0.1) is 0 Å². The van der Waals surface area contributed by atoms with Crippen molar-refractivity contribution in [2.75, 3.05) is 13.2 Å². The lowest BCUT2D eigenvalue weighted by atomic mass is 10.0. The van der Waals surface area contributed by atoms with Gasteiger partial charge in [0, 0.05) is 30.8 Å². The molecular formula is C20H21N3O5. The third-order valence-electron chi connectivity index (χ3n) is 5.56. The molecule has 0 bridgehead atoms. The molecule has 3 heterocycles. The molecule has 3 aliphatic rings. The van der Waals surface area contributed by atoms with Crippen LogP contribution in [0.4, 0.5) is 0 Å². The number of aromatic carboxylic acids is 1. The maximum atomic E-state index is 13.0. The van der Waals surface area contributed by atoms with Crippen LogP contribution in [-0.4, -0.2) is 50.9 Å². The summed E-state index contributed by atoms with van der Waals surface area (Å²) in [6, 6.07) is 7.25. The summed E-state index contributed by atoms with van der Waals surface area (Å²) in [6.07, 6.45) is 2.20. The maximum absolute atomic E-state index is 13.0. The molecule has 1 aromatic carbocycles. The van der Waals surface area contributed by atoms with Crippen LogP contribution in [0, 0.1) is 5.92 Å². The molecule has 1 fully saturated rings. The maximum Gasteiger partial charge on any atom is 0.356 e. The molecule has 28 heavy (non-hydrogen) atoms. The van der Waals surface area contributed by atoms with Crippen LogP contribution in [0.2, 0.25) is 0 Å². The van der Waals surface area contributed by atoms with Gasteiger partial charge < -0.3 is 19.5 Å². The zero-order chi connectivity index (χ0) is 19.3. The van der Waals surface area contributed by atoms with Gasteiger partial charge in [0.1, 0.15) is 6.61 Å². The van der Waals surface area contributed by atoms with E-state index in [2.05, 4.69) is 5.10 Å². The van der Waals surface area contributed by atoms with E-state index in [0.29, 0.717) is 35.9 Å². The minimum Gasteiger partial charge on any atom is -0.485 e. The van der Waals surface area contributed by atoms with Crippen molar-refractivity contribution in [1.82, 2.24) is 14.7 Å². The monoisotopic (exact) mass is 383 g/mol. The van der Waals surface area contributed by atoms with Gasteiger partial charge in [0.05, 0.1) is 6.54 Å². The first-order valence-corrected chi connectivity index (χ1v) is 9.59. The van der Waals surface area contributed by atoms with E-state index in [1.165, 1.54) is 12.8 Å². The minimum atomic E-state index is -1.05. The Morgan fingerprint density at radius 2 is 2.00 bits per heavy atom. The summed E-state index contributed by atoms with van der Waals surface area (Å²) in [7, 11) is 0. The van der Waals surface area contributed by atoms with Crippen molar-refractivity contribution in [2.45, 2.75) is 38.5 Å². The summed E-state index contributed by atoms with van der Waals surface area (Å²) >= 11 is 0.